The Morgan fingerprint density at radius 2 is 1.59 bits per heavy atom. The summed E-state index contributed by atoms with van der Waals surface area (Å²) in [5.41, 5.74) is 8.16. The number of aromatic nitrogens is 2. The van der Waals surface area contributed by atoms with Crippen molar-refractivity contribution in [1.29, 1.82) is 0 Å². The van der Waals surface area contributed by atoms with Gasteiger partial charge in [-0.15, -0.1) is 0 Å². The van der Waals surface area contributed by atoms with Gasteiger partial charge in [0.2, 0.25) is 0 Å². The van der Waals surface area contributed by atoms with Crippen LogP contribution in [0.4, 0.5) is 22.9 Å². The number of hydrogen-bond donors (Lipinski definition) is 1. The lowest BCUT2D eigenvalue weighted by Crippen LogP contribution is -2.46. The minimum Gasteiger partial charge on any atom is -0.337 e. The molecule has 6 nitrogen and oxygen atoms in total. The Morgan fingerprint density at radius 1 is 0.795 bits per heavy atom. The van der Waals surface area contributed by atoms with E-state index in [-0.39, 0.29) is 6.04 Å². The molecule has 4 aromatic carbocycles. The van der Waals surface area contributed by atoms with Crippen molar-refractivity contribution >= 4 is 50.5 Å². The highest BCUT2D eigenvalue weighted by atomic mass is 79.9. The molecule has 0 spiro atoms. The predicted molar refractivity (Wildman–Crippen MR) is 162 cm³/mol. The van der Waals surface area contributed by atoms with E-state index in [0.717, 1.165) is 55.7 Å². The molecule has 190 valence electrons. The Bertz CT molecular complexity index is 1790. The molecule has 0 fully saturated rings. The van der Waals surface area contributed by atoms with Crippen LogP contribution in [0.15, 0.2) is 118 Å². The summed E-state index contributed by atoms with van der Waals surface area (Å²) >= 11 is 3.71. The average Bonchev–Trinajstić information content (AvgIpc) is 3.28. The van der Waals surface area contributed by atoms with Crippen LogP contribution >= 0.6 is 15.9 Å². The van der Waals surface area contributed by atoms with Crippen molar-refractivity contribution in [2.45, 2.75) is 19.9 Å². The number of rotatable bonds is 3. The van der Waals surface area contributed by atoms with Gasteiger partial charge in [-0.25, -0.2) is 14.7 Å². The van der Waals surface area contributed by atoms with Gasteiger partial charge in [-0.1, -0.05) is 70.5 Å². The molecule has 0 radical (unpaired) electrons. The van der Waals surface area contributed by atoms with E-state index in [9.17, 15) is 0 Å². The van der Waals surface area contributed by atoms with E-state index < -0.39 is 0 Å². The third kappa shape index (κ3) is 4.06. The van der Waals surface area contributed by atoms with E-state index in [0.29, 0.717) is 5.84 Å². The van der Waals surface area contributed by atoms with Crippen molar-refractivity contribution in [2.24, 2.45) is 9.98 Å². The van der Waals surface area contributed by atoms with Gasteiger partial charge >= 0.3 is 0 Å². The minimum atomic E-state index is -0.159. The second-order valence-electron chi connectivity index (χ2n) is 9.78. The Labute approximate surface area is 235 Å². The highest BCUT2D eigenvalue weighted by molar-refractivity contribution is 9.10. The zero-order valence-corrected chi connectivity index (χ0v) is 23.1. The van der Waals surface area contributed by atoms with E-state index in [4.69, 9.17) is 15.1 Å². The van der Waals surface area contributed by atoms with Crippen LogP contribution in [0.5, 0.6) is 0 Å². The van der Waals surface area contributed by atoms with Gasteiger partial charge in [-0.2, -0.15) is 5.10 Å². The monoisotopic (exact) mass is 572 g/mol. The van der Waals surface area contributed by atoms with E-state index in [2.05, 4.69) is 113 Å². The number of hydrogen-bond acceptors (Lipinski definition) is 5. The average molecular weight is 573 g/mol. The molecule has 2 aliphatic rings. The number of benzene rings is 4. The quantitative estimate of drug-likeness (QED) is 0.238. The summed E-state index contributed by atoms with van der Waals surface area (Å²) in [6.07, 6.45) is 0. The largest absolute Gasteiger partial charge is 0.337 e. The molecule has 1 aromatic heterocycles. The molecule has 7 heteroatoms. The van der Waals surface area contributed by atoms with Gasteiger partial charge in [0, 0.05) is 15.7 Å². The second-order valence-corrected chi connectivity index (χ2v) is 10.7. The maximum atomic E-state index is 5.30. The van der Waals surface area contributed by atoms with Gasteiger partial charge in [0.1, 0.15) is 0 Å². The molecule has 3 heterocycles. The maximum absolute atomic E-state index is 5.30. The number of amidine groups is 2. The molecule has 1 N–H and O–H groups in total. The number of nitrogens with zero attached hydrogens (tertiary/aromatic N) is 5. The molecule has 0 bridgehead atoms. The first-order valence-corrected chi connectivity index (χ1v) is 13.7. The Balaban J connectivity index is 1.51. The van der Waals surface area contributed by atoms with Crippen LogP contribution in [0.3, 0.4) is 0 Å². The number of aliphatic imine (C=N–C) groups is 2. The molecule has 0 amide bonds. The predicted octanol–water partition coefficient (Wildman–Crippen LogP) is 8.05. The van der Waals surface area contributed by atoms with Crippen molar-refractivity contribution in [3.63, 3.8) is 0 Å². The summed E-state index contributed by atoms with van der Waals surface area (Å²) in [4.78, 5) is 12.7. The highest BCUT2D eigenvalue weighted by Crippen LogP contribution is 2.48. The Morgan fingerprint density at radius 3 is 2.41 bits per heavy atom. The minimum absolute atomic E-state index is 0.159. The van der Waals surface area contributed by atoms with Crippen LogP contribution in [0.1, 0.15) is 28.4 Å². The van der Waals surface area contributed by atoms with Crippen LogP contribution in [0.2, 0.25) is 0 Å². The number of anilines is 2. The van der Waals surface area contributed by atoms with Crippen molar-refractivity contribution in [2.75, 3.05) is 10.2 Å². The van der Waals surface area contributed by atoms with Crippen molar-refractivity contribution < 1.29 is 0 Å². The molecular formula is C32H25BrN6. The van der Waals surface area contributed by atoms with Crippen LogP contribution < -0.4 is 10.2 Å². The van der Waals surface area contributed by atoms with Crippen molar-refractivity contribution in [1.82, 2.24) is 9.78 Å². The van der Waals surface area contributed by atoms with Crippen LogP contribution in [-0.4, -0.2) is 21.5 Å². The zero-order chi connectivity index (χ0) is 26.5. The summed E-state index contributed by atoms with van der Waals surface area (Å²) < 4.78 is 2.97. The molecule has 39 heavy (non-hydrogen) atoms. The topological polar surface area (TPSA) is 57.8 Å². The summed E-state index contributed by atoms with van der Waals surface area (Å²) in [5, 5.41) is 8.59. The number of nitrogens with one attached hydrogen (secondary N) is 1. The van der Waals surface area contributed by atoms with Crippen LogP contribution in [0, 0.1) is 13.8 Å². The fraction of sp³-hybridized carbons (Fsp3) is 0.0938. The lowest BCUT2D eigenvalue weighted by Gasteiger charge is -2.40. The fourth-order valence-electron chi connectivity index (χ4n) is 5.40. The SMILES string of the molecule is Cc1cccc(NC2=Nc3ccccc3N3C2=Nc2c(c(C)nn2-c2ccccc2)[C@@H]3c2cccc(Br)c2)c1. The molecule has 0 saturated carbocycles. The first-order chi connectivity index (χ1) is 19.1. The number of fused-ring (bicyclic) bond motifs is 4. The van der Waals surface area contributed by atoms with Crippen molar-refractivity contribution in [3.05, 3.63) is 130 Å². The first kappa shape index (κ1) is 23.6. The van der Waals surface area contributed by atoms with E-state index in [1.807, 2.05) is 35.0 Å². The smallest absolute Gasteiger partial charge is 0.179 e. The van der Waals surface area contributed by atoms with E-state index in [1.165, 1.54) is 5.56 Å². The molecule has 0 unspecified atom stereocenters. The molecule has 7 rings (SSSR count). The van der Waals surface area contributed by atoms with Crippen LogP contribution in [0.25, 0.3) is 5.69 Å². The second kappa shape index (κ2) is 9.36. The normalized spacial score (nSPS) is 15.6. The molecule has 5 aromatic rings. The first-order valence-electron chi connectivity index (χ1n) is 12.9. The van der Waals surface area contributed by atoms with Gasteiger partial charge < -0.3 is 10.2 Å². The maximum Gasteiger partial charge on any atom is 0.179 e. The number of halogens is 1. The number of aryl methyl sites for hydroxylation is 2. The molecule has 0 saturated heterocycles. The number of para-hydroxylation sites is 3. The molecule has 2 aliphatic heterocycles. The van der Waals surface area contributed by atoms with Gasteiger partial charge in [0.05, 0.1) is 28.8 Å². The third-order valence-electron chi connectivity index (χ3n) is 7.08. The van der Waals surface area contributed by atoms with Gasteiger partial charge in [-0.3, -0.25) is 0 Å². The van der Waals surface area contributed by atoms with E-state index in [1.54, 1.807) is 0 Å². The lowest BCUT2D eigenvalue weighted by atomic mass is 9.93. The summed E-state index contributed by atoms with van der Waals surface area (Å²) in [5.74, 6) is 2.27. The standard InChI is InChI=1S/C32H25BrN6/c1-20-10-8-13-24(18-20)34-30-32-36-31-28(21(2)37-39(31)25-14-4-3-5-15-25)29(22-11-9-12-23(33)19-22)38(32)27-17-7-6-16-26(27)35-30/h3-19,29H,1-2H3,(H,34,35)/t29-/m0/s1. The Kier molecular flexibility index (Phi) is 5.67. The Hall–Kier alpha value is -4.49. The fourth-order valence-corrected chi connectivity index (χ4v) is 5.82. The van der Waals surface area contributed by atoms with E-state index >= 15 is 0 Å². The van der Waals surface area contributed by atoms with Crippen molar-refractivity contribution in [3.8, 4) is 5.69 Å². The van der Waals surface area contributed by atoms with Gasteiger partial charge in [-0.05, 0) is 73.5 Å². The lowest BCUT2D eigenvalue weighted by molar-refractivity contribution is 0.815. The zero-order valence-electron chi connectivity index (χ0n) is 21.5. The van der Waals surface area contributed by atoms with Gasteiger partial charge in [0.25, 0.3) is 0 Å². The summed E-state index contributed by atoms with van der Waals surface area (Å²) in [6.45, 7) is 4.16. The molecule has 0 aliphatic carbocycles. The summed E-state index contributed by atoms with van der Waals surface area (Å²) in [6, 6.07) is 35.1. The molecule has 1 atom stereocenters. The highest BCUT2D eigenvalue weighted by Gasteiger charge is 2.41. The van der Waals surface area contributed by atoms with Gasteiger partial charge in [0.15, 0.2) is 17.5 Å². The van der Waals surface area contributed by atoms with Crippen LogP contribution in [-0.2, 0) is 0 Å². The summed E-state index contributed by atoms with van der Waals surface area (Å²) in [7, 11) is 0. The molecular weight excluding hydrogens is 548 g/mol. The third-order valence-corrected chi connectivity index (χ3v) is 7.58.